The van der Waals surface area contributed by atoms with E-state index in [2.05, 4.69) is 31.9 Å². The Morgan fingerprint density at radius 1 is 0.704 bits per heavy atom. The van der Waals surface area contributed by atoms with E-state index in [0.717, 1.165) is 9.13 Å². The van der Waals surface area contributed by atoms with Crippen LogP contribution in [0.2, 0.25) is 0 Å². The smallest absolute Gasteiger partial charge is 0.297 e. The largest absolute Gasteiger partial charge is 0.330 e. The van der Waals surface area contributed by atoms with Crippen molar-refractivity contribution < 1.29 is 0 Å². The molecule has 0 unspecified atom stereocenters. The topological polar surface area (TPSA) is 88.0 Å². The Kier molecular flexibility index (Phi) is 6.85. The van der Waals surface area contributed by atoms with E-state index in [1.807, 2.05) is 0 Å². The van der Waals surface area contributed by atoms with Crippen molar-refractivity contribution in [2.24, 2.45) is 14.1 Å². The van der Waals surface area contributed by atoms with E-state index in [9.17, 15) is 19.2 Å². The molecule has 2 rings (SSSR count). The zero-order valence-corrected chi connectivity index (χ0v) is 18.9. The standard InChI is InChI=1S/C17H22Br2N4O4/c1-10-12(14(24)20(3)16(26)22(10)7-5-18)9-13-11(2)23(8-6-19)17(27)21(4)15(13)25/h5-9H2,1-4H3. The molecule has 8 nitrogen and oxygen atoms in total. The fourth-order valence-corrected chi connectivity index (χ4v) is 3.85. The molecule has 2 aromatic heterocycles. The minimum Gasteiger partial charge on any atom is -0.297 e. The van der Waals surface area contributed by atoms with Gasteiger partial charge in [0.2, 0.25) is 0 Å². The SMILES string of the molecule is Cc1c(Cc2c(C)n(CCBr)c(=O)n(C)c2=O)c(=O)n(C)c(=O)n1CCBr. The van der Waals surface area contributed by atoms with Crippen molar-refractivity contribution in [1.29, 1.82) is 0 Å². The molecule has 0 aliphatic heterocycles. The average molecular weight is 506 g/mol. The number of aromatic nitrogens is 4. The number of alkyl halides is 2. The highest BCUT2D eigenvalue weighted by Gasteiger charge is 2.20. The van der Waals surface area contributed by atoms with Crippen molar-refractivity contribution in [3.05, 3.63) is 64.2 Å². The fourth-order valence-electron chi connectivity index (χ4n) is 3.14. The summed E-state index contributed by atoms with van der Waals surface area (Å²) in [5.41, 5.74) is 0.171. The van der Waals surface area contributed by atoms with Crippen LogP contribution in [0.15, 0.2) is 19.2 Å². The molecule has 0 saturated heterocycles. The highest BCUT2D eigenvalue weighted by Crippen LogP contribution is 2.10. The number of hydrogen-bond acceptors (Lipinski definition) is 4. The summed E-state index contributed by atoms with van der Waals surface area (Å²) >= 11 is 6.63. The first kappa shape index (κ1) is 21.6. The lowest BCUT2D eigenvalue weighted by molar-refractivity contribution is 0.593. The minimum absolute atomic E-state index is 0.0577. The van der Waals surface area contributed by atoms with Crippen LogP contribution in [0.5, 0.6) is 0 Å². The van der Waals surface area contributed by atoms with Gasteiger partial charge in [-0.25, -0.2) is 9.59 Å². The molecule has 0 spiro atoms. The van der Waals surface area contributed by atoms with Gasteiger partial charge in [-0.15, -0.1) is 0 Å². The molecule has 0 saturated carbocycles. The molecule has 148 valence electrons. The fraction of sp³-hybridized carbons (Fsp3) is 0.529. The summed E-state index contributed by atoms with van der Waals surface area (Å²) < 4.78 is 5.14. The van der Waals surface area contributed by atoms with Crippen molar-refractivity contribution in [3.63, 3.8) is 0 Å². The van der Waals surface area contributed by atoms with Gasteiger partial charge in [-0.1, -0.05) is 31.9 Å². The third-order valence-electron chi connectivity index (χ3n) is 4.81. The quantitative estimate of drug-likeness (QED) is 0.532. The van der Waals surface area contributed by atoms with Crippen LogP contribution in [0.1, 0.15) is 22.5 Å². The Labute approximate surface area is 172 Å². The Balaban J connectivity index is 2.79. The molecule has 0 fully saturated rings. The first-order chi connectivity index (χ1) is 12.7. The Morgan fingerprint density at radius 2 is 1.04 bits per heavy atom. The van der Waals surface area contributed by atoms with Crippen molar-refractivity contribution in [3.8, 4) is 0 Å². The van der Waals surface area contributed by atoms with Gasteiger partial charge in [0.05, 0.1) is 0 Å². The second-order valence-corrected chi connectivity index (χ2v) is 7.87. The first-order valence-corrected chi connectivity index (χ1v) is 10.6. The molecular formula is C17H22Br2N4O4. The molecular weight excluding hydrogens is 484 g/mol. The van der Waals surface area contributed by atoms with E-state index >= 15 is 0 Å². The van der Waals surface area contributed by atoms with Gasteiger partial charge in [0, 0.05) is 66.8 Å². The van der Waals surface area contributed by atoms with Crippen LogP contribution in [0, 0.1) is 13.8 Å². The van der Waals surface area contributed by atoms with Gasteiger partial charge >= 0.3 is 11.4 Å². The van der Waals surface area contributed by atoms with Gasteiger partial charge in [0.25, 0.3) is 11.1 Å². The van der Waals surface area contributed by atoms with Crippen LogP contribution in [0.3, 0.4) is 0 Å². The van der Waals surface area contributed by atoms with Crippen LogP contribution in [-0.2, 0) is 33.6 Å². The van der Waals surface area contributed by atoms with E-state index < -0.39 is 22.5 Å². The van der Waals surface area contributed by atoms with Gasteiger partial charge < -0.3 is 0 Å². The highest BCUT2D eigenvalue weighted by molar-refractivity contribution is 9.09. The van der Waals surface area contributed by atoms with E-state index in [1.165, 1.54) is 23.2 Å². The molecule has 10 heteroatoms. The summed E-state index contributed by atoms with van der Waals surface area (Å²) in [7, 11) is 2.85. The number of nitrogens with zero attached hydrogens (tertiary/aromatic N) is 4. The Morgan fingerprint density at radius 3 is 1.33 bits per heavy atom. The summed E-state index contributed by atoms with van der Waals surface area (Å²) in [6.45, 7) is 4.22. The van der Waals surface area contributed by atoms with Gasteiger partial charge in [-0.3, -0.25) is 27.9 Å². The maximum absolute atomic E-state index is 12.7. The van der Waals surface area contributed by atoms with E-state index in [1.54, 1.807) is 13.8 Å². The normalized spacial score (nSPS) is 11.2. The highest BCUT2D eigenvalue weighted by atomic mass is 79.9. The maximum atomic E-state index is 12.7. The lowest BCUT2D eigenvalue weighted by Crippen LogP contribution is -2.44. The maximum Gasteiger partial charge on any atom is 0.330 e. The Bertz CT molecular complexity index is 1020. The Hall–Kier alpha value is -1.68. The van der Waals surface area contributed by atoms with Crippen LogP contribution >= 0.6 is 31.9 Å². The third kappa shape index (κ3) is 3.82. The predicted molar refractivity (Wildman–Crippen MR) is 112 cm³/mol. The van der Waals surface area contributed by atoms with Gasteiger partial charge in [0.15, 0.2) is 0 Å². The van der Waals surface area contributed by atoms with Gasteiger partial charge in [-0.05, 0) is 13.8 Å². The van der Waals surface area contributed by atoms with Crippen LogP contribution in [0.25, 0.3) is 0 Å². The van der Waals surface area contributed by atoms with Gasteiger partial charge in [0.1, 0.15) is 0 Å². The number of rotatable bonds is 6. The summed E-state index contributed by atoms with van der Waals surface area (Å²) in [5, 5.41) is 1.12. The third-order valence-corrected chi connectivity index (χ3v) is 5.52. The second-order valence-electron chi connectivity index (χ2n) is 6.28. The minimum atomic E-state index is -0.428. The van der Waals surface area contributed by atoms with E-state index in [0.29, 0.717) is 46.3 Å². The molecule has 27 heavy (non-hydrogen) atoms. The zero-order chi connectivity index (χ0) is 20.5. The molecule has 2 heterocycles. The van der Waals surface area contributed by atoms with Crippen molar-refractivity contribution in [1.82, 2.24) is 18.3 Å². The van der Waals surface area contributed by atoms with Crippen molar-refractivity contribution in [2.75, 3.05) is 10.7 Å². The van der Waals surface area contributed by atoms with Crippen molar-refractivity contribution in [2.45, 2.75) is 33.4 Å². The summed E-state index contributed by atoms with van der Waals surface area (Å²) in [5.74, 6) is 0. The zero-order valence-electron chi connectivity index (χ0n) is 15.7. The monoisotopic (exact) mass is 504 g/mol. The molecule has 2 aromatic rings. The summed E-state index contributed by atoms with van der Waals surface area (Å²) in [6, 6.07) is 0. The van der Waals surface area contributed by atoms with Crippen LogP contribution in [-0.4, -0.2) is 28.9 Å². The lowest BCUT2D eigenvalue weighted by atomic mass is 10.0. The van der Waals surface area contributed by atoms with E-state index in [-0.39, 0.29) is 6.42 Å². The van der Waals surface area contributed by atoms with Crippen molar-refractivity contribution >= 4 is 31.9 Å². The molecule has 0 N–H and O–H groups in total. The number of halogens is 2. The first-order valence-electron chi connectivity index (χ1n) is 8.37. The van der Waals surface area contributed by atoms with Gasteiger partial charge in [-0.2, -0.15) is 0 Å². The molecule has 0 atom stereocenters. The summed E-state index contributed by atoms with van der Waals surface area (Å²) in [4.78, 5) is 50.1. The number of hydrogen-bond donors (Lipinski definition) is 0. The predicted octanol–water partition coefficient (Wildman–Crippen LogP) is 0.405. The molecule has 0 bridgehead atoms. The van der Waals surface area contributed by atoms with Crippen LogP contribution < -0.4 is 22.5 Å². The summed E-state index contributed by atoms with van der Waals surface area (Å²) in [6.07, 6.45) is 0.0577. The molecule has 0 aliphatic rings. The lowest BCUT2D eigenvalue weighted by Gasteiger charge is -2.17. The molecule has 0 aliphatic carbocycles. The molecule has 0 aromatic carbocycles. The van der Waals surface area contributed by atoms with Crippen LogP contribution in [0.4, 0.5) is 0 Å². The van der Waals surface area contributed by atoms with E-state index in [4.69, 9.17) is 0 Å². The molecule has 0 amide bonds. The molecule has 0 radical (unpaired) electrons. The average Bonchev–Trinajstić information content (AvgIpc) is 2.65. The second kappa shape index (κ2) is 8.55.